The summed E-state index contributed by atoms with van der Waals surface area (Å²) in [5, 5.41) is 12.0. The number of carbonyl (C=O) groups excluding carboxylic acids is 2. The lowest BCUT2D eigenvalue weighted by Gasteiger charge is -2.27. The molecule has 3 atom stereocenters. The van der Waals surface area contributed by atoms with Gasteiger partial charge in [0, 0.05) is 26.0 Å². The van der Waals surface area contributed by atoms with E-state index in [1.165, 1.54) is 0 Å². The van der Waals surface area contributed by atoms with Gasteiger partial charge in [-0.05, 0) is 12.5 Å². The van der Waals surface area contributed by atoms with E-state index in [1.54, 1.807) is 4.90 Å². The summed E-state index contributed by atoms with van der Waals surface area (Å²) in [6, 6.07) is 9.49. The normalized spacial score (nSPS) is 27.3. The van der Waals surface area contributed by atoms with Gasteiger partial charge < -0.3 is 20.1 Å². The number of benzene rings is 1. The maximum atomic E-state index is 12.6. The molecule has 7 nitrogen and oxygen atoms in total. The second-order valence-corrected chi connectivity index (χ2v) is 6.71. The predicted octanol–water partition coefficient (Wildman–Crippen LogP) is 0.956. The molecule has 0 bridgehead atoms. The van der Waals surface area contributed by atoms with Crippen LogP contribution in [0, 0.1) is 5.92 Å². The zero-order valence-corrected chi connectivity index (χ0v) is 14.1. The summed E-state index contributed by atoms with van der Waals surface area (Å²) >= 11 is 0. The van der Waals surface area contributed by atoms with Crippen molar-refractivity contribution >= 4 is 17.8 Å². The third-order valence-corrected chi connectivity index (χ3v) is 5.07. The summed E-state index contributed by atoms with van der Waals surface area (Å²) in [7, 11) is 0. The molecule has 0 aromatic heterocycles. The average Bonchev–Trinajstić information content (AvgIpc) is 3.22. The van der Waals surface area contributed by atoms with Gasteiger partial charge in [0.2, 0.25) is 11.8 Å². The quantitative estimate of drug-likeness (QED) is 0.828. The van der Waals surface area contributed by atoms with Gasteiger partial charge in [-0.2, -0.15) is 0 Å². The topological polar surface area (TPSA) is 95.9 Å². The van der Waals surface area contributed by atoms with Crippen LogP contribution in [0.3, 0.4) is 0 Å². The zero-order chi connectivity index (χ0) is 18.0. The molecule has 0 radical (unpaired) electrons. The van der Waals surface area contributed by atoms with E-state index in [0.717, 1.165) is 5.56 Å². The molecule has 134 valence electrons. The summed E-state index contributed by atoms with van der Waals surface area (Å²) < 4.78 is 5.15. The molecule has 3 unspecified atom stereocenters. The summed E-state index contributed by atoms with van der Waals surface area (Å²) in [6.45, 7) is 2.47. The first-order valence-corrected chi connectivity index (χ1v) is 8.40. The second kappa shape index (κ2) is 6.84. The Morgan fingerprint density at radius 1 is 1.36 bits per heavy atom. The number of rotatable bonds is 5. The molecule has 2 N–H and O–H groups in total. The molecule has 1 aromatic rings. The van der Waals surface area contributed by atoms with E-state index in [1.807, 2.05) is 37.3 Å². The van der Waals surface area contributed by atoms with Gasteiger partial charge in [-0.1, -0.05) is 30.3 Å². The molecular formula is C18H22N2O5. The summed E-state index contributed by atoms with van der Waals surface area (Å²) in [4.78, 5) is 38.1. The van der Waals surface area contributed by atoms with Crippen LogP contribution in [0.1, 0.15) is 31.4 Å². The smallest absolute Gasteiger partial charge is 0.331 e. The number of carboxylic acids is 1. The van der Waals surface area contributed by atoms with Crippen molar-refractivity contribution in [2.75, 3.05) is 19.8 Å². The Morgan fingerprint density at radius 3 is 2.68 bits per heavy atom. The highest BCUT2D eigenvalue weighted by molar-refractivity contribution is 5.93. The van der Waals surface area contributed by atoms with Gasteiger partial charge in [0.15, 0.2) is 5.54 Å². The Kier molecular flexibility index (Phi) is 4.76. The molecule has 2 aliphatic heterocycles. The Morgan fingerprint density at radius 2 is 2.08 bits per heavy atom. The van der Waals surface area contributed by atoms with Gasteiger partial charge in [-0.3, -0.25) is 9.59 Å². The highest BCUT2D eigenvalue weighted by Gasteiger charge is 2.46. The number of hydrogen-bond donors (Lipinski definition) is 2. The zero-order valence-electron chi connectivity index (χ0n) is 14.1. The molecule has 2 amide bonds. The van der Waals surface area contributed by atoms with E-state index in [4.69, 9.17) is 4.74 Å². The van der Waals surface area contributed by atoms with E-state index < -0.39 is 23.3 Å². The minimum absolute atomic E-state index is 0.0428. The molecule has 3 rings (SSSR count). The predicted molar refractivity (Wildman–Crippen MR) is 88.6 cm³/mol. The first-order valence-electron chi connectivity index (χ1n) is 8.40. The van der Waals surface area contributed by atoms with Crippen LogP contribution in [0.25, 0.3) is 0 Å². The fourth-order valence-corrected chi connectivity index (χ4v) is 3.42. The minimum atomic E-state index is -1.38. The van der Waals surface area contributed by atoms with Crippen LogP contribution in [0.5, 0.6) is 0 Å². The molecule has 0 spiro atoms. The van der Waals surface area contributed by atoms with Crippen LogP contribution < -0.4 is 5.32 Å². The number of nitrogens with zero attached hydrogens (tertiary/aromatic N) is 1. The molecule has 25 heavy (non-hydrogen) atoms. The van der Waals surface area contributed by atoms with E-state index in [2.05, 4.69) is 5.32 Å². The third-order valence-electron chi connectivity index (χ3n) is 5.07. The Balaban J connectivity index is 1.67. The maximum Gasteiger partial charge on any atom is 0.331 e. The second-order valence-electron chi connectivity index (χ2n) is 6.71. The fourth-order valence-electron chi connectivity index (χ4n) is 3.42. The number of carbonyl (C=O) groups is 3. The highest BCUT2D eigenvalue weighted by atomic mass is 16.5. The van der Waals surface area contributed by atoms with Gasteiger partial charge in [0.05, 0.1) is 18.6 Å². The first-order chi connectivity index (χ1) is 11.9. The van der Waals surface area contributed by atoms with Crippen LogP contribution in [0.15, 0.2) is 30.3 Å². The van der Waals surface area contributed by atoms with Crippen molar-refractivity contribution in [2.45, 2.75) is 31.3 Å². The SMILES string of the molecule is CC(c1ccccc1)N1CC(C(=O)NC2(C(=O)O)CCOC2)CC1=O. The van der Waals surface area contributed by atoms with Crippen molar-refractivity contribution in [3.8, 4) is 0 Å². The largest absolute Gasteiger partial charge is 0.479 e. The van der Waals surface area contributed by atoms with Crippen molar-refractivity contribution in [3.05, 3.63) is 35.9 Å². The van der Waals surface area contributed by atoms with Crippen molar-refractivity contribution in [3.63, 3.8) is 0 Å². The third kappa shape index (κ3) is 3.37. The number of carboxylic acid groups (broad SMARTS) is 1. The highest BCUT2D eigenvalue weighted by Crippen LogP contribution is 2.29. The Bertz CT molecular complexity index is 669. The molecular weight excluding hydrogens is 324 g/mol. The first kappa shape index (κ1) is 17.4. The number of nitrogens with one attached hydrogen (secondary N) is 1. The van der Waals surface area contributed by atoms with Crippen LogP contribution in [-0.2, 0) is 19.1 Å². The van der Waals surface area contributed by atoms with E-state index >= 15 is 0 Å². The monoisotopic (exact) mass is 346 g/mol. The summed E-state index contributed by atoms with van der Waals surface area (Å²) in [5.74, 6) is -2.14. The molecule has 0 aliphatic carbocycles. The lowest BCUT2D eigenvalue weighted by molar-refractivity contribution is -0.148. The molecule has 2 aliphatic rings. The average molecular weight is 346 g/mol. The lowest BCUT2D eigenvalue weighted by atomic mass is 9.97. The van der Waals surface area contributed by atoms with Crippen molar-refractivity contribution in [2.24, 2.45) is 5.92 Å². The summed E-state index contributed by atoms with van der Waals surface area (Å²) in [5.41, 5.74) is -0.374. The van der Waals surface area contributed by atoms with Crippen LogP contribution >= 0.6 is 0 Å². The van der Waals surface area contributed by atoms with Crippen molar-refractivity contribution < 1.29 is 24.2 Å². The van der Waals surface area contributed by atoms with Gasteiger partial charge in [-0.25, -0.2) is 4.79 Å². The number of amides is 2. The number of hydrogen-bond acceptors (Lipinski definition) is 4. The van der Waals surface area contributed by atoms with Crippen LogP contribution in [-0.4, -0.2) is 53.1 Å². The van der Waals surface area contributed by atoms with Gasteiger partial charge in [0.25, 0.3) is 0 Å². The van der Waals surface area contributed by atoms with E-state index in [-0.39, 0.29) is 37.9 Å². The minimum Gasteiger partial charge on any atom is -0.479 e. The molecule has 2 fully saturated rings. The number of aliphatic carboxylic acids is 1. The fraction of sp³-hybridized carbons (Fsp3) is 0.500. The molecule has 0 saturated carbocycles. The maximum absolute atomic E-state index is 12.6. The van der Waals surface area contributed by atoms with Crippen LogP contribution in [0.4, 0.5) is 0 Å². The molecule has 7 heteroatoms. The van der Waals surface area contributed by atoms with Crippen LogP contribution in [0.2, 0.25) is 0 Å². The standard InChI is InChI=1S/C18H22N2O5/c1-12(13-5-3-2-4-6-13)20-10-14(9-15(20)21)16(22)19-18(17(23)24)7-8-25-11-18/h2-6,12,14H,7-11H2,1H3,(H,19,22)(H,23,24). The number of likely N-dealkylation sites (tertiary alicyclic amines) is 1. The van der Waals surface area contributed by atoms with E-state index in [0.29, 0.717) is 6.61 Å². The molecule has 2 heterocycles. The Hall–Kier alpha value is -2.41. The van der Waals surface area contributed by atoms with Gasteiger partial charge >= 0.3 is 5.97 Å². The van der Waals surface area contributed by atoms with Crippen molar-refractivity contribution in [1.82, 2.24) is 10.2 Å². The van der Waals surface area contributed by atoms with E-state index in [9.17, 15) is 19.5 Å². The Labute approximate surface area is 146 Å². The lowest BCUT2D eigenvalue weighted by Crippen LogP contribution is -2.56. The molecule has 1 aromatic carbocycles. The van der Waals surface area contributed by atoms with Crippen molar-refractivity contribution in [1.29, 1.82) is 0 Å². The molecule has 2 saturated heterocycles. The van der Waals surface area contributed by atoms with Gasteiger partial charge in [-0.15, -0.1) is 0 Å². The van der Waals surface area contributed by atoms with Gasteiger partial charge in [0.1, 0.15) is 0 Å². The summed E-state index contributed by atoms with van der Waals surface area (Å²) in [6.07, 6.45) is 0.332. The number of ether oxygens (including phenoxy) is 1.